The van der Waals surface area contributed by atoms with Gasteiger partial charge in [0.25, 0.3) is 5.97 Å². The van der Waals surface area contributed by atoms with E-state index in [1.54, 1.807) is 0 Å². The molecule has 0 N–H and O–H groups in total. The van der Waals surface area contributed by atoms with Crippen LogP contribution >= 0.6 is 0 Å². The van der Waals surface area contributed by atoms with Crippen molar-refractivity contribution < 1.29 is 14.2 Å². The van der Waals surface area contributed by atoms with Crippen molar-refractivity contribution in [3.8, 4) is 37.0 Å². The van der Waals surface area contributed by atoms with Crippen molar-refractivity contribution >= 4 is 0 Å². The smallest absolute Gasteiger partial charge is 0.282 e. The van der Waals surface area contributed by atoms with Crippen molar-refractivity contribution in [2.24, 2.45) is 0 Å². The molecule has 0 spiro atoms. The highest BCUT2D eigenvalue weighted by Gasteiger charge is 2.32. The Hall–Kier alpha value is -1.44. The lowest BCUT2D eigenvalue weighted by Gasteiger charge is -2.32. The second-order valence-corrected chi connectivity index (χ2v) is 3.84. The van der Waals surface area contributed by atoms with Crippen LogP contribution in [0.2, 0.25) is 0 Å². The molecule has 3 heteroatoms. The SMILES string of the molecule is C#CCCOC(CCC)(OCCC#C)OCCC#C. The van der Waals surface area contributed by atoms with Crippen LogP contribution in [0.25, 0.3) is 0 Å². The average Bonchev–Trinajstić information content (AvgIpc) is 2.40. The van der Waals surface area contributed by atoms with Gasteiger partial charge in [-0.3, -0.25) is 0 Å². The van der Waals surface area contributed by atoms with Crippen molar-refractivity contribution in [3.63, 3.8) is 0 Å². The maximum Gasteiger partial charge on any atom is 0.282 e. The lowest BCUT2D eigenvalue weighted by molar-refractivity contribution is -0.382. The molecule has 0 aliphatic rings. The molecule has 0 bridgehead atoms. The second-order valence-electron chi connectivity index (χ2n) is 3.84. The molecule has 104 valence electrons. The first-order valence-corrected chi connectivity index (χ1v) is 6.47. The molecule has 0 fully saturated rings. The Morgan fingerprint density at radius 2 is 1.16 bits per heavy atom. The minimum absolute atomic E-state index is 0.378. The monoisotopic (exact) mass is 262 g/mol. The summed E-state index contributed by atoms with van der Waals surface area (Å²) in [6.45, 7) is 3.15. The molecule has 19 heavy (non-hydrogen) atoms. The van der Waals surface area contributed by atoms with Gasteiger partial charge in [0, 0.05) is 25.7 Å². The number of hydrogen-bond donors (Lipinski definition) is 0. The van der Waals surface area contributed by atoms with Crippen LogP contribution in [0.5, 0.6) is 0 Å². The van der Waals surface area contributed by atoms with E-state index < -0.39 is 5.97 Å². The number of rotatable bonds is 11. The summed E-state index contributed by atoms with van der Waals surface area (Å²) in [6.07, 6.45) is 18.6. The summed E-state index contributed by atoms with van der Waals surface area (Å²) < 4.78 is 17.0. The van der Waals surface area contributed by atoms with E-state index in [0.29, 0.717) is 45.5 Å². The van der Waals surface area contributed by atoms with Crippen LogP contribution in [0.15, 0.2) is 0 Å². The van der Waals surface area contributed by atoms with E-state index in [4.69, 9.17) is 33.5 Å². The van der Waals surface area contributed by atoms with E-state index in [1.165, 1.54) is 0 Å². The third-order valence-corrected chi connectivity index (χ3v) is 2.26. The van der Waals surface area contributed by atoms with Gasteiger partial charge in [-0.2, -0.15) is 0 Å². The van der Waals surface area contributed by atoms with E-state index in [1.807, 2.05) is 6.92 Å². The summed E-state index contributed by atoms with van der Waals surface area (Å²) in [7, 11) is 0. The first-order valence-electron chi connectivity index (χ1n) is 6.47. The zero-order valence-corrected chi connectivity index (χ0v) is 11.6. The van der Waals surface area contributed by atoms with Crippen molar-refractivity contribution in [3.05, 3.63) is 0 Å². The average molecular weight is 262 g/mol. The summed E-state index contributed by atoms with van der Waals surface area (Å²) >= 11 is 0. The van der Waals surface area contributed by atoms with Crippen LogP contribution in [0.3, 0.4) is 0 Å². The van der Waals surface area contributed by atoms with Gasteiger partial charge in [-0.05, 0) is 6.42 Å². The molecule has 0 aromatic heterocycles. The quantitative estimate of drug-likeness (QED) is 0.325. The Balaban J connectivity index is 4.53. The second kappa shape index (κ2) is 11.6. The third-order valence-electron chi connectivity index (χ3n) is 2.26. The molecular weight excluding hydrogens is 240 g/mol. The highest BCUT2D eigenvalue weighted by atomic mass is 16.9. The summed E-state index contributed by atoms with van der Waals surface area (Å²) in [6, 6.07) is 0. The predicted molar refractivity (Wildman–Crippen MR) is 75.8 cm³/mol. The Morgan fingerprint density at radius 1 is 0.789 bits per heavy atom. The van der Waals surface area contributed by atoms with Gasteiger partial charge in [0.1, 0.15) is 0 Å². The van der Waals surface area contributed by atoms with Crippen molar-refractivity contribution in [1.82, 2.24) is 0 Å². The molecule has 0 aromatic rings. The van der Waals surface area contributed by atoms with Gasteiger partial charge in [0.05, 0.1) is 19.8 Å². The molecule has 0 rings (SSSR count). The fraction of sp³-hybridized carbons (Fsp3) is 0.625. The summed E-state index contributed by atoms with van der Waals surface area (Å²) in [5, 5.41) is 0. The van der Waals surface area contributed by atoms with Gasteiger partial charge in [-0.15, -0.1) is 37.0 Å². The molecule has 0 radical (unpaired) electrons. The van der Waals surface area contributed by atoms with E-state index in [0.717, 1.165) is 6.42 Å². The van der Waals surface area contributed by atoms with Gasteiger partial charge in [0.2, 0.25) is 0 Å². The maximum atomic E-state index is 5.68. The Bertz CT molecular complexity index is 290. The molecule has 0 saturated carbocycles. The first-order chi connectivity index (χ1) is 9.24. The molecule has 0 heterocycles. The third kappa shape index (κ3) is 8.30. The molecule has 0 saturated heterocycles. The Morgan fingerprint density at radius 3 is 1.42 bits per heavy atom. The molecule has 0 unspecified atom stereocenters. The number of terminal acetylenes is 3. The fourth-order valence-corrected chi connectivity index (χ4v) is 1.44. The van der Waals surface area contributed by atoms with Crippen LogP contribution in [0, 0.1) is 37.0 Å². The van der Waals surface area contributed by atoms with Gasteiger partial charge in [-0.25, -0.2) is 0 Å². The standard InChI is InChI=1S/C16H22O3/c1-5-9-13-17-16(12-8-4,18-14-10-6-2)19-15-11-7-3/h1-3H,8-15H2,4H3. The van der Waals surface area contributed by atoms with Crippen molar-refractivity contribution in [2.75, 3.05) is 19.8 Å². The molecule has 0 aliphatic heterocycles. The van der Waals surface area contributed by atoms with Crippen molar-refractivity contribution in [1.29, 1.82) is 0 Å². The van der Waals surface area contributed by atoms with E-state index in [9.17, 15) is 0 Å². The van der Waals surface area contributed by atoms with Gasteiger partial charge < -0.3 is 14.2 Å². The molecule has 0 amide bonds. The lowest BCUT2D eigenvalue weighted by Crippen LogP contribution is -2.40. The van der Waals surface area contributed by atoms with Gasteiger partial charge in [0.15, 0.2) is 0 Å². The van der Waals surface area contributed by atoms with Gasteiger partial charge in [-0.1, -0.05) is 6.92 Å². The van der Waals surface area contributed by atoms with Crippen LogP contribution in [-0.2, 0) is 14.2 Å². The van der Waals surface area contributed by atoms with E-state index in [-0.39, 0.29) is 0 Å². The highest BCUT2D eigenvalue weighted by Crippen LogP contribution is 2.23. The topological polar surface area (TPSA) is 27.7 Å². The van der Waals surface area contributed by atoms with Crippen LogP contribution in [0.4, 0.5) is 0 Å². The van der Waals surface area contributed by atoms with Crippen LogP contribution < -0.4 is 0 Å². The minimum atomic E-state index is -1.08. The van der Waals surface area contributed by atoms with E-state index >= 15 is 0 Å². The molecule has 0 atom stereocenters. The van der Waals surface area contributed by atoms with E-state index in [2.05, 4.69) is 17.8 Å². The summed E-state index contributed by atoms with van der Waals surface area (Å²) in [5.41, 5.74) is 0. The normalized spacial score (nSPS) is 10.4. The lowest BCUT2D eigenvalue weighted by atomic mass is 10.3. The zero-order valence-electron chi connectivity index (χ0n) is 11.6. The molecule has 0 aliphatic carbocycles. The van der Waals surface area contributed by atoms with Gasteiger partial charge >= 0.3 is 0 Å². The zero-order chi connectivity index (χ0) is 14.4. The predicted octanol–water partition coefficient (Wildman–Crippen LogP) is 2.56. The van der Waals surface area contributed by atoms with Crippen LogP contribution in [0.1, 0.15) is 39.0 Å². The molecular formula is C16H22O3. The molecule has 3 nitrogen and oxygen atoms in total. The maximum absolute atomic E-state index is 5.68. The Kier molecular flexibility index (Phi) is 10.8. The number of ether oxygens (including phenoxy) is 3. The van der Waals surface area contributed by atoms with Crippen molar-refractivity contribution in [2.45, 2.75) is 45.0 Å². The number of hydrogen-bond acceptors (Lipinski definition) is 3. The minimum Gasteiger partial charge on any atom is -0.326 e. The molecule has 0 aromatic carbocycles. The largest absolute Gasteiger partial charge is 0.326 e. The summed E-state index contributed by atoms with van der Waals surface area (Å²) in [4.78, 5) is 0. The Labute approximate surface area is 117 Å². The fourth-order valence-electron chi connectivity index (χ4n) is 1.44. The summed E-state index contributed by atoms with van der Waals surface area (Å²) in [5.74, 6) is 6.46. The highest BCUT2D eigenvalue weighted by molar-refractivity contribution is 4.85. The van der Waals surface area contributed by atoms with Crippen LogP contribution in [-0.4, -0.2) is 25.8 Å². The first kappa shape index (κ1) is 17.6.